The summed E-state index contributed by atoms with van der Waals surface area (Å²) in [6, 6.07) is 14.7. The van der Waals surface area contributed by atoms with Gasteiger partial charge in [0, 0.05) is 16.5 Å². The number of aromatic nitrogens is 1. The van der Waals surface area contributed by atoms with Crippen LogP contribution in [0.1, 0.15) is 17.0 Å². The fraction of sp³-hybridized carbons (Fsp3) is 0.250. The first-order valence-electron chi connectivity index (χ1n) is 6.62. The van der Waals surface area contributed by atoms with E-state index < -0.39 is 22.0 Å². The Morgan fingerprint density at radius 2 is 1.90 bits per heavy atom. The molecule has 0 saturated heterocycles. The molecule has 0 aliphatic heterocycles. The number of carboxylic acid groups (broad SMARTS) is 1. The average molecular weight is 303 g/mol. The lowest BCUT2D eigenvalue weighted by Crippen LogP contribution is -2.29. The second kappa shape index (κ2) is 7.13. The summed E-state index contributed by atoms with van der Waals surface area (Å²) in [5, 5.41) is 8.40. The first kappa shape index (κ1) is 15.4. The number of carboxylic acids is 1. The Balaban J connectivity index is 2.11. The van der Waals surface area contributed by atoms with Gasteiger partial charge in [-0.2, -0.15) is 0 Å². The monoisotopic (exact) mass is 303 g/mol. The van der Waals surface area contributed by atoms with Gasteiger partial charge in [-0.3, -0.25) is 14.0 Å². The van der Waals surface area contributed by atoms with Crippen LogP contribution in [0.2, 0.25) is 0 Å². The third kappa shape index (κ3) is 4.49. The van der Waals surface area contributed by atoms with E-state index in [1.54, 1.807) is 6.07 Å². The predicted molar refractivity (Wildman–Crippen MR) is 82.4 cm³/mol. The molecule has 0 spiro atoms. The van der Waals surface area contributed by atoms with E-state index in [4.69, 9.17) is 0 Å². The fourth-order valence-corrected chi connectivity index (χ4v) is 3.30. The van der Waals surface area contributed by atoms with Gasteiger partial charge in [0.2, 0.25) is 0 Å². The Morgan fingerprint density at radius 3 is 2.52 bits per heavy atom. The summed E-state index contributed by atoms with van der Waals surface area (Å²) in [7, 11) is -1.51. The highest BCUT2D eigenvalue weighted by molar-refractivity contribution is 7.85. The van der Waals surface area contributed by atoms with E-state index in [1.165, 1.54) is 0 Å². The fourth-order valence-electron chi connectivity index (χ4n) is 2.05. The second-order valence-electron chi connectivity index (χ2n) is 4.81. The van der Waals surface area contributed by atoms with Gasteiger partial charge in [-0.1, -0.05) is 36.4 Å². The molecule has 0 bridgehead atoms. The Morgan fingerprint density at radius 1 is 1.19 bits per heavy atom. The minimum atomic E-state index is -1.51. The van der Waals surface area contributed by atoms with Crippen LogP contribution in [0.4, 0.5) is 0 Å². The molecule has 0 radical (unpaired) electrons. The highest BCUT2D eigenvalue weighted by Crippen LogP contribution is 2.12. The number of aliphatic carboxylic acids is 1. The molecule has 2 rings (SSSR count). The van der Waals surface area contributed by atoms with Crippen LogP contribution in [0, 0.1) is 6.92 Å². The maximum absolute atomic E-state index is 12.4. The highest BCUT2D eigenvalue weighted by Gasteiger charge is 2.25. The van der Waals surface area contributed by atoms with Crippen molar-refractivity contribution >= 4 is 16.8 Å². The third-order valence-corrected chi connectivity index (χ3v) is 4.68. The molecular formula is C16H17NO3S. The molecule has 0 fully saturated rings. The lowest BCUT2D eigenvalue weighted by Gasteiger charge is -2.12. The van der Waals surface area contributed by atoms with E-state index in [2.05, 4.69) is 4.98 Å². The van der Waals surface area contributed by atoms with Gasteiger partial charge >= 0.3 is 5.97 Å². The third-order valence-electron chi connectivity index (χ3n) is 3.09. The molecule has 0 saturated carbocycles. The van der Waals surface area contributed by atoms with Crippen LogP contribution >= 0.6 is 0 Å². The molecule has 1 aromatic carbocycles. The molecule has 2 atom stereocenters. The number of benzene rings is 1. The maximum Gasteiger partial charge on any atom is 0.319 e. The van der Waals surface area contributed by atoms with Gasteiger partial charge in [0.25, 0.3) is 0 Å². The Bertz CT molecular complexity index is 643. The van der Waals surface area contributed by atoms with Crippen LogP contribution in [0.25, 0.3) is 0 Å². The van der Waals surface area contributed by atoms with Crippen molar-refractivity contribution in [3.05, 3.63) is 65.5 Å². The SMILES string of the molecule is Cc1cccc(CS(=O)C(Cc2ccccc2)C(=O)O)n1. The largest absolute Gasteiger partial charge is 0.480 e. The molecular weight excluding hydrogens is 286 g/mol. The van der Waals surface area contributed by atoms with Crippen molar-refractivity contribution in [1.29, 1.82) is 0 Å². The van der Waals surface area contributed by atoms with Crippen LogP contribution < -0.4 is 0 Å². The summed E-state index contributed by atoms with van der Waals surface area (Å²) in [6.45, 7) is 1.85. The van der Waals surface area contributed by atoms with Crippen LogP contribution in [-0.4, -0.2) is 25.5 Å². The van der Waals surface area contributed by atoms with E-state index in [0.29, 0.717) is 5.69 Å². The molecule has 21 heavy (non-hydrogen) atoms. The molecule has 0 aliphatic carbocycles. The quantitative estimate of drug-likeness (QED) is 0.889. The lowest BCUT2D eigenvalue weighted by atomic mass is 10.1. The molecule has 5 heteroatoms. The van der Waals surface area contributed by atoms with E-state index in [-0.39, 0.29) is 12.2 Å². The number of aryl methyl sites for hydroxylation is 1. The first-order valence-corrected chi connectivity index (χ1v) is 8.01. The van der Waals surface area contributed by atoms with Crippen molar-refractivity contribution in [2.24, 2.45) is 0 Å². The number of pyridine rings is 1. The van der Waals surface area contributed by atoms with Crippen molar-refractivity contribution in [2.75, 3.05) is 0 Å². The summed E-state index contributed by atoms with van der Waals surface area (Å²) in [5.41, 5.74) is 2.36. The van der Waals surface area contributed by atoms with Gasteiger partial charge in [0.1, 0.15) is 5.25 Å². The van der Waals surface area contributed by atoms with E-state index in [1.807, 2.05) is 49.4 Å². The van der Waals surface area contributed by atoms with Crippen molar-refractivity contribution in [2.45, 2.75) is 24.3 Å². The Labute approximate surface area is 126 Å². The zero-order valence-corrected chi connectivity index (χ0v) is 12.5. The Hall–Kier alpha value is -2.01. The van der Waals surface area contributed by atoms with Gasteiger partial charge in [-0.15, -0.1) is 0 Å². The number of nitrogens with zero attached hydrogens (tertiary/aromatic N) is 1. The number of hydrogen-bond donors (Lipinski definition) is 1. The minimum absolute atomic E-state index is 0.158. The number of carbonyl (C=O) groups is 1. The van der Waals surface area contributed by atoms with Crippen molar-refractivity contribution in [3.8, 4) is 0 Å². The first-order chi connectivity index (χ1) is 10.1. The zero-order chi connectivity index (χ0) is 15.2. The molecule has 4 nitrogen and oxygen atoms in total. The van der Waals surface area contributed by atoms with E-state index in [9.17, 15) is 14.1 Å². The molecule has 0 amide bonds. The number of rotatable bonds is 6. The summed E-state index contributed by atoms with van der Waals surface area (Å²) < 4.78 is 12.4. The molecule has 1 aromatic heterocycles. The van der Waals surface area contributed by atoms with Crippen LogP contribution in [0.5, 0.6) is 0 Å². The van der Waals surface area contributed by atoms with E-state index >= 15 is 0 Å². The van der Waals surface area contributed by atoms with Crippen molar-refractivity contribution < 1.29 is 14.1 Å². The minimum Gasteiger partial charge on any atom is -0.480 e. The molecule has 2 unspecified atom stereocenters. The summed E-state index contributed by atoms with van der Waals surface area (Å²) in [5.74, 6) is -0.879. The molecule has 2 aromatic rings. The number of hydrogen-bond acceptors (Lipinski definition) is 3. The van der Waals surface area contributed by atoms with Crippen LogP contribution in [0.15, 0.2) is 48.5 Å². The second-order valence-corrected chi connectivity index (χ2v) is 6.43. The normalized spacial score (nSPS) is 13.6. The van der Waals surface area contributed by atoms with E-state index in [0.717, 1.165) is 11.3 Å². The standard InChI is InChI=1S/C16H17NO3S/c1-12-6-5-9-14(17-12)11-21(20)15(16(18)19)10-13-7-3-2-4-8-13/h2-9,15H,10-11H2,1H3,(H,18,19). The zero-order valence-electron chi connectivity index (χ0n) is 11.7. The molecule has 1 N–H and O–H groups in total. The van der Waals surface area contributed by atoms with Crippen molar-refractivity contribution in [1.82, 2.24) is 4.98 Å². The van der Waals surface area contributed by atoms with Gasteiger partial charge in [-0.25, -0.2) is 0 Å². The predicted octanol–water partition coefficient (Wildman–Crippen LogP) is 2.33. The molecule has 0 aliphatic rings. The maximum atomic E-state index is 12.4. The summed E-state index contributed by atoms with van der Waals surface area (Å²) in [4.78, 5) is 15.7. The van der Waals surface area contributed by atoms with Crippen LogP contribution in [0.3, 0.4) is 0 Å². The average Bonchev–Trinajstić information content (AvgIpc) is 2.45. The smallest absolute Gasteiger partial charge is 0.319 e. The molecule has 110 valence electrons. The summed E-state index contributed by atoms with van der Waals surface area (Å²) >= 11 is 0. The topological polar surface area (TPSA) is 67.3 Å². The van der Waals surface area contributed by atoms with Gasteiger partial charge < -0.3 is 5.11 Å². The van der Waals surface area contributed by atoms with Crippen molar-refractivity contribution in [3.63, 3.8) is 0 Å². The van der Waals surface area contributed by atoms with Crippen LogP contribution in [-0.2, 0) is 27.8 Å². The molecule has 1 heterocycles. The van der Waals surface area contributed by atoms with Gasteiger partial charge in [0.15, 0.2) is 0 Å². The van der Waals surface area contributed by atoms with Gasteiger partial charge in [-0.05, 0) is 31.0 Å². The Kier molecular flexibility index (Phi) is 5.22. The highest BCUT2D eigenvalue weighted by atomic mass is 32.2. The lowest BCUT2D eigenvalue weighted by molar-refractivity contribution is -0.136. The summed E-state index contributed by atoms with van der Waals surface area (Å²) in [6.07, 6.45) is 0.259. The van der Waals surface area contributed by atoms with Gasteiger partial charge in [0.05, 0.1) is 11.4 Å².